The second-order valence-electron chi connectivity index (χ2n) is 5.45. The first-order valence-corrected chi connectivity index (χ1v) is 5.83. The minimum Gasteiger partial charge on any atom is -0.356 e. The van der Waals surface area contributed by atoms with Gasteiger partial charge in [-0.25, -0.2) is 0 Å². The molecule has 17 heavy (non-hydrogen) atoms. The second kappa shape index (κ2) is 3.17. The third-order valence-electron chi connectivity index (χ3n) is 3.95. The Bertz CT molecular complexity index is 445. The summed E-state index contributed by atoms with van der Waals surface area (Å²) >= 11 is 0. The predicted octanol–water partition coefficient (Wildman–Crippen LogP) is -0.323. The van der Waals surface area contributed by atoms with Gasteiger partial charge in [-0.05, 0) is 20.9 Å². The smallest absolute Gasteiger partial charge is 0.256 e. The number of carbonyl (C=O) groups is 2. The van der Waals surface area contributed by atoms with Crippen LogP contribution >= 0.6 is 0 Å². The maximum atomic E-state index is 11.8. The van der Waals surface area contributed by atoms with Crippen molar-refractivity contribution in [2.75, 3.05) is 13.6 Å². The summed E-state index contributed by atoms with van der Waals surface area (Å²) in [6.07, 6.45) is 1.43. The Morgan fingerprint density at radius 3 is 2.88 bits per heavy atom. The summed E-state index contributed by atoms with van der Waals surface area (Å²) in [5, 5.41) is 2.35. The summed E-state index contributed by atoms with van der Waals surface area (Å²) in [6.45, 7) is 4.81. The molecule has 0 aromatic rings. The molecule has 0 unspecified atom stereocenters. The van der Waals surface area contributed by atoms with Gasteiger partial charge in [-0.1, -0.05) is 11.6 Å². The van der Waals surface area contributed by atoms with E-state index in [0.29, 0.717) is 0 Å². The van der Waals surface area contributed by atoms with Crippen LogP contribution in [0.15, 0.2) is 11.6 Å². The number of rotatable bonds is 0. The van der Waals surface area contributed by atoms with Gasteiger partial charge in [0.05, 0.1) is 12.0 Å². The number of nitrogens with one attached hydrogen (secondary N) is 1. The van der Waals surface area contributed by atoms with Gasteiger partial charge in [0.1, 0.15) is 5.60 Å². The molecule has 3 aliphatic rings. The van der Waals surface area contributed by atoms with Crippen LogP contribution in [0.1, 0.15) is 13.8 Å². The monoisotopic (exact) mass is 236 g/mol. The summed E-state index contributed by atoms with van der Waals surface area (Å²) < 4.78 is 5.85. The van der Waals surface area contributed by atoms with Crippen LogP contribution < -0.4 is 5.32 Å². The number of hydrogen-bond acceptors (Lipinski definition) is 4. The van der Waals surface area contributed by atoms with Gasteiger partial charge in [-0.2, -0.15) is 0 Å². The third-order valence-corrected chi connectivity index (χ3v) is 3.95. The molecule has 2 fully saturated rings. The van der Waals surface area contributed by atoms with E-state index in [1.807, 2.05) is 20.9 Å². The first-order chi connectivity index (χ1) is 7.92. The molecule has 2 saturated heterocycles. The molecule has 2 amide bonds. The van der Waals surface area contributed by atoms with E-state index in [2.05, 4.69) is 16.3 Å². The van der Waals surface area contributed by atoms with Gasteiger partial charge in [-0.15, -0.1) is 0 Å². The van der Waals surface area contributed by atoms with Crippen LogP contribution in [0.2, 0.25) is 0 Å². The van der Waals surface area contributed by atoms with E-state index >= 15 is 0 Å². The Balaban J connectivity index is 2.06. The lowest BCUT2D eigenvalue weighted by molar-refractivity contribution is -0.133. The molecule has 4 atom stereocenters. The molecule has 92 valence electrons. The number of hydrogen-bond donors (Lipinski definition) is 1. The lowest BCUT2D eigenvalue weighted by atomic mass is 9.82. The molecular formula is C12H16N2O3. The Labute approximate surface area is 99.8 Å². The van der Waals surface area contributed by atoms with Crippen molar-refractivity contribution in [2.24, 2.45) is 5.92 Å². The molecule has 3 heterocycles. The fourth-order valence-electron chi connectivity index (χ4n) is 3.57. The molecule has 5 heteroatoms. The first kappa shape index (κ1) is 10.9. The highest BCUT2D eigenvalue weighted by atomic mass is 16.5. The van der Waals surface area contributed by atoms with E-state index in [9.17, 15) is 9.59 Å². The van der Waals surface area contributed by atoms with Crippen molar-refractivity contribution in [1.29, 1.82) is 0 Å². The van der Waals surface area contributed by atoms with E-state index in [4.69, 9.17) is 4.74 Å². The highest BCUT2D eigenvalue weighted by molar-refractivity contribution is 6.07. The zero-order valence-electron chi connectivity index (χ0n) is 10.2. The Morgan fingerprint density at radius 2 is 2.18 bits per heavy atom. The van der Waals surface area contributed by atoms with Gasteiger partial charge in [0.2, 0.25) is 5.91 Å². The largest absolute Gasteiger partial charge is 0.356 e. The maximum Gasteiger partial charge on any atom is 0.256 e. The topological polar surface area (TPSA) is 58.6 Å². The van der Waals surface area contributed by atoms with Crippen LogP contribution in [0.5, 0.6) is 0 Å². The zero-order valence-corrected chi connectivity index (χ0v) is 10.2. The van der Waals surface area contributed by atoms with Gasteiger partial charge in [-0.3, -0.25) is 19.8 Å². The van der Waals surface area contributed by atoms with Gasteiger partial charge in [0.15, 0.2) is 6.10 Å². The van der Waals surface area contributed by atoms with Crippen LogP contribution in [0.3, 0.4) is 0 Å². The van der Waals surface area contributed by atoms with E-state index in [1.54, 1.807) is 0 Å². The van der Waals surface area contributed by atoms with Crippen molar-refractivity contribution in [3.05, 3.63) is 11.6 Å². The molecule has 5 nitrogen and oxygen atoms in total. The minimum absolute atomic E-state index is 0.0531. The summed E-state index contributed by atoms with van der Waals surface area (Å²) in [6, 6.07) is -0.0531. The zero-order chi connectivity index (χ0) is 12.4. The van der Waals surface area contributed by atoms with Gasteiger partial charge in [0, 0.05) is 6.54 Å². The van der Waals surface area contributed by atoms with Crippen molar-refractivity contribution in [1.82, 2.24) is 10.2 Å². The molecule has 3 rings (SSSR count). The molecule has 0 radical (unpaired) electrons. The van der Waals surface area contributed by atoms with Gasteiger partial charge < -0.3 is 4.74 Å². The molecule has 0 bridgehead atoms. The molecule has 0 aromatic carbocycles. The van der Waals surface area contributed by atoms with Gasteiger partial charge in [0.25, 0.3) is 5.91 Å². The summed E-state index contributed by atoms with van der Waals surface area (Å²) in [4.78, 5) is 25.6. The van der Waals surface area contributed by atoms with Crippen LogP contribution in [-0.4, -0.2) is 48.1 Å². The minimum atomic E-state index is -0.623. The number of fused-ring (bicyclic) bond motifs is 3. The summed E-state index contributed by atoms with van der Waals surface area (Å²) in [5.74, 6) is -0.870. The van der Waals surface area contributed by atoms with Crippen molar-refractivity contribution in [2.45, 2.75) is 31.6 Å². The lowest BCUT2D eigenvalue weighted by Gasteiger charge is -2.40. The summed E-state index contributed by atoms with van der Waals surface area (Å²) in [7, 11) is 1.97. The average Bonchev–Trinajstić information content (AvgIpc) is 2.62. The van der Waals surface area contributed by atoms with Crippen molar-refractivity contribution in [3.63, 3.8) is 0 Å². The third kappa shape index (κ3) is 1.32. The van der Waals surface area contributed by atoms with E-state index < -0.39 is 11.7 Å². The number of amides is 2. The fourth-order valence-corrected chi connectivity index (χ4v) is 3.57. The maximum absolute atomic E-state index is 11.8. The molecule has 1 N–H and O–H groups in total. The lowest BCUT2D eigenvalue weighted by Crippen LogP contribution is -2.54. The molecule has 0 aromatic heterocycles. The van der Waals surface area contributed by atoms with Gasteiger partial charge >= 0.3 is 0 Å². The highest BCUT2D eigenvalue weighted by Crippen LogP contribution is 2.44. The average molecular weight is 236 g/mol. The predicted molar refractivity (Wildman–Crippen MR) is 60.1 cm³/mol. The van der Waals surface area contributed by atoms with Crippen molar-refractivity contribution >= 4 is 11.8 Å². The van der Waals surface area contributed by atoms with Crippen LogP contribution in [-0.2, 0) is 14.3 Å². The van der Waals surface area contributed by atoms with Crippen LogP contribution in [0, 0.1) is 5.92 Å². The standard InChI is InChI=1S/C12H16N2O3/c1-6-4-12(2)9(14(3)5-6)7-8(17-12)11(16)13-10(7)15/h4,7-9H,5H2,1-3H3,(H,13,15,16)/t7-,8-,9-,12-/m0/s1. The molecule has 0 aliphatic carbocycles. The van der Waals surface area contributed by atoms with E-state index in [0.717, 1.165) is 6.54 Å². The first-order valence-electron chi connectivity index (χ1n) is 5.83. The SMILES string of the molecule is CC1=C[C@]2(C)O[C@@H]3C(=O)NC(=O)[C@@H]3[C@@H]2N(C)C1. The number of nitrogens with zero attached hydrogens (tertiary/aromatic N) is 1. The van der Waals surface area contributed by atoms with E-state index in [-0.39, 0.29) is 23.8 Å². The fraction of sp³-hybridized carbons (Fsp3) is 0.667. The Hall–Kier alpha value is -1.20. The second-order valence-corrected chi connectivity index (χ2v) is 5.45. The van der Waals surface area contributed by atoms with Crippen LogP contribution in [0.25, 0.3) is 0 Å². The van der Waals surface area contributed by atoms with Crippen molar-refractivity contribution < 1.29 is 14.3 Å². The normalized spacial score (nSPS) is 45.4. The highest BCUT2D eigenvalue weighted by Gasteiger charge is 2.62. The molecule has 0 saturated carbocycles. The molecular weight excluding hydrogens is 220 g/mol. The van der Waals surface area contributed by atoms with Crippen molar-refractivity contribution in [3.8, 4) is 0 Å². The Morgan fingerprint density at radius 1 is 1.47 bits per heavy atom. The molecule has 3 aliphatic heterocycles. The van der Waals surface area contributed by atoms with Crippen LogP contribution in [0.4, 0.5) is 0 Å². The number of likely N-dealkylation sites (N-methyl/N-ethyl adjacent to an activating group) is 1. The summed E-state index contributed by atoms with van der Waals surface area (Å²) in [5.41, 5.74) is 0.680. The number of carbonyl (C=O) groups excluding carboxylic acids is 2. The van der Waals surface area contributed by atoms with E-state index in [1.165, 1.54) is 5.57 Å². The Kier molecular flexibility index (Phi) is 2.04. The quantitative estimate of drug-likeness (QED) is 0.462. The number of imide groups is 1. The number of ether oxygens (including phenoxy) is 1. The molecule has 0 spiro atoms.